The van der Waals surface area contributed by atoms with Crippen molar-refractivity contribution >= 4 is 12.2 Å². The second-order valence-corrected chi connectivity index (χ2v) is 8.95. The van der Waals surface area contributed by atoms with Crippen LogP contribution in [0, 0.1) is 10.7 Å². The standard InChI is InChI=1S/C22H26N2OS/c25-20-17-13-22(11-5-6-12-22)18-10-4-3-9-16(18)19(17)23-21(26)24(20)14-15-7-1-2-8-15/h3-4,9-10,15H,1-2,5-8,11-14H2,(H,23,26). The SMILES string of the molecule is O=c1c2c([nH]c(=S)n1CC1CCCC1)-c1ccccc1C1(CCCC1)C2. The predicted octanol–water partition coefficient (Wildman–Crippen LogP) is 5.13. The Hall–Kier alpha value is -1.68. The Morgan fingerprint density at radius 3 is 2.62 bits per heavy atom. The summed E-state index contributed by atoms with van der Waals surface area (Å²) in [6.45, 7) is 0.788. The van der Waals surface area contributed by atoms with Gasteiger partial charge in [0.25, 0.3) is 5.56 Å². The normalized spacial score (nSPS) is 21.1. The van der Waals surface area contributed by atoms with Crippen LogP contribution in [0.15, 0.2) is 29.1 Å². The first-order valence-electron chi connectivity index (χ1n) is 10.1. The molecule has 0 unspecified atom stereocenters. The second kappa shape index (κ2) is 6.19. The number of fused-ring (bicyclic) bond motifs is 4. The first-order chi connectivity index (χ1) is 12.7. The number of aromatic nitrogens is 2. The van der Waals surface area contributed by atoms with Gasteiger partial charge in [-0.2, -0.15) is 0 Å². The van der Waals surface area contributed by atoms with Crippen molar-refractivity contribution in [3.05, 3.63) is 50.5 Å². The van der Waals surface area contributed by atoms with E-state index in [1.807, 2.05) is 4.57 Å². The summed E-state index contributed by atoms with van der Waals surface area (Å²) in [7, 11) is 0. The van der Waals surface area contributed by atoms with Crippen molar-refractivity contribution in [2.24, 2.45) is 5.92 Å². The van der Waals surface area contributed by atoms with E-state index in [0.29, 0.717) is 10.7 Å². The summed E-state index contributed by atoms with van der Waals surface area (Å²) < 4.78 is 2.46. The fourth-order valence-electron chi connectivity index (χ4n) is 5.72. The maximum absolute atomic E-state index is 13.4. The summed E-state index contributed by atoms with van der Waals surface area (Å²) in [5.74, 6) is 0.608. The van der Waals surface area contributed by atoms with Crippen molar-refractivity contribution in [1.82, 2.24) is 9.55 Å². The van der Waals surface area contributed by atoms with E-state index >= 15 is 0 Å². The van der Waals surface area contributed by atoms with Crippen molar-refractivity contribution in [2.45, 2.75) is 69.7 Å². The number of nitrogens with one attached hydrogen (secondary N) is 1. The summed E-state index contributed by atoms with van der Waals surface area (Å²) in [6, 6.07) is 8.65. The van der Waals surface area contributed by atoms with Crippen LogP contribution in [0.1, 0.15) is 62.5 Å². The van der Waals surface area contributed by atoms with E-state index in [0.717, 1.165) is 24.2 Å². The van der Waals surface area contributed by atoms with Crippen LogP contribution in [-0.2, 0) is 18.4 Å². The van der Waals surface area contributed by atoms with Gasteiger partial charge in [-0.1, -0.05) is 49.9 Å². The van der Waals surface area contributed by atoms with Gasteiger partial charge in [-0.25, -0.2) is 0 Å². The molecule has 136 valence electrons. The quantitative estimate of drug-likeness (QED) is 0.748. The van der Waals surface area contributed by atoms with Crippen molar-refractivity contribution in [3.8, 4) is 11.3 Å². The summed E-state index contributed by atoms with van der Waals surface area (Å²) in [6.07, 6.45) is 10.8. The van der Waals surface area contributed by atoms with E-state index in [2.05, 4.69) is 29.2 Å². The number of aromatic amines is 1. The minimum absolute atomic E-state index is 0.157. The third-order valence-electron chi connectivity index (χ3n) is 7.04. The molecule has 1 N–H and O–H groups in total. The number of hydrogen-bond acceptors (Lipinski definition) is 2. The molecule has 0 aliphatic heterocycles. The monoisotopic (exact) mass is 366 g/mol. The van der Waals surface area contributed by atoms with Crippen molar-refractivity contribution in [1.29, 1.82) is 0 Å². The highest BCUT2D eigenvalue weighted by Gasteiger charge is 2.42. The highest BCUT2D eigenvalue weighted by Crippen LogP contribution is 2.50. The van der Waals surface area contributed by atoms with Gasteiger partial charge in [-0.15, -0.1) is 0 Å². The van der Waals surface area contributed by atoms with Crippen LogP contribution < -0.4 is 5.56 Å². The van der Waals surface area contributed by atoms with Crippen LogP contribution in [0.4, 0.5) is 0 Å². The lowest BCUT2D eigenvalue weighted by molar-refractivity contribution is 0.415. The van der Waals surface area contributed by atoms with Crippen LogP contribution in [0.5, 0.6) is 0 Å². The molecule has 1 aromatic heterocycles. The van der Waals surface area contributed by atoms with E-state index in [4.69, 9.17) is 12.2 Å². The van der Waals surface area contributed by atoms with Crippen LogP contribution in [-0.4, -0.2) is 9.55 Å². The Labute approximate surface area is 159 Å². The van der Waals surface area contributed by atoms with Crippen LogP contribution in [0.3, 0.4) is 0 Å². The maximum Gasteiger partial charge on any atom is 0.258 e. The van der Waals surface area contributed by atoms with Gasteiger partial charge in [0.2, 0.25) is 0 Å². The van der Waals surface area contributed by atoms with Crippen molar-refractivity contribution < 1.29 is 0 Å². The van der Waals surface area contributed by atoms with Crippen molar-refractivity contribution in [2.75, 3.05) is 0 Å². The van der Waals surface area contributed by atoms with E-state index in [1.165, 1.54) is 62.5 Å². The topological polar surface area (TPSA) is 37.8 Å². The van der Waals surface area contributed by atoms with Crippen LogP contribution >= 0.6 is 12.2 Å². The summed E-state index contributed by atoms with van der Waals surface area (Å²) in [4.78, 5) is 16.9. The molecule has 2 aromatic rings. The summed E-state index contributed by atoms with van der Waals surface area (Å²) in [5, 5.41) is 0. The fourth-order valence-corrected chi connectivity index (χ4v) is 5.98. The Balaban J connectivity index is 1.68. The zero-order valence-corrected chi connectivity index (χ0v) is 16.0. The number of rotatable bonds is 2. The smallest absolute Gasteiger partial charge is 0.258 e. The molecular formula is C22H26N2OS. The van der Waals surface area contributed by atoms with E-state index in [9.17, 15) is 4.79 Å². The molecule has 1 aromatic carbocycles. The molecule has 3 aliphatic carbocycles. The van der Waals surface area contributed by atoms with Gasteiger partial charge < -0.3 is 4.98 Å². The lowest BCUT2D eigenvalue weighted by Gasteiger charge is -2.36. The molecule has 3 nitrogen and oxygen atoms in total. The van der Waals surface area contributed by atoms with Crippen LogP contribution in [0.25, 0.3) is 11.3 Å². The van der Waals surface area contributed by atoms with E-state index in [-0.39, 0.29) is 11.0 Å². The van der Waals surface area contributed by atoms with E-state index in [1.54, 1.807) is 0 Å². The van der Waals surface area contributed by atoms with Gasteiger partial charge >= 0.3 is 0 Å². The number of nitrogens with zero attached hydrogens (tertiary/aromatic N) is 1. The first-order valence-corrected chi connectivity index (χ1v) is 10.5. The largest absolute Gasteiger partial charge is 0.331 e. The molecule has 3 aliphatic rings. The Bertz CT molecular complexity index is 959. The highest BCUT2D eigenvalue weighted by molar-refractivity contribution is 7.71. The molecular weight excluding hydrogens is 340 g/mol. The van der Waals surface area contributed by atoms with Gasteiger partial charge in [0.1, 0.15) is 0 Å². The second-order valence-electron chi connectivity index (χ2n) is 8.56. The molecule has 2 saturated carbocycles. The molecule has 1 heterocycles. The molecule has 0 radical (unpaired) electrons. The molecule has 2 fully saturated rings. The average Bonchev–Trinajstić information content (AvgIpc) is 3.33. The Morgan fingerprint density at radius 2 is 1.85 bits per heavy atom. The maximum atomic E-state index is 13.4. The first kappa shape index (κ1) is 16.5. The Morgan fingerprint density at radius 1 is 1.12 bits per heavy atom. The van der Waals surface area contributed by atoms with Crippen molar-refractivity contribution in [3.63, 3.8) is 0 Å². The van der Waals surface area contributed by atoms with Gasteiger partial charge in [0, 0.05) is 23.1 Å². The molecule has 5 rings (SSSR count). The molecule has 26 heavy (non-hydrogen) atoms. The molecule has 4 heteroatoms. The van der Waals surface area contributed by atoms with Gasteiger partial charge in [0.05, 0.1) is 5.69 Å². The minimum Gasteiger partial charge on any atom is -0.331 e. The number of benzene rings is 1. The zero-order valence-electron chi connectivity index (χ0n) is 15.2. The third-order valence-corrected chi connectivity index (χ3v) is 7.36. The molecule has 1 spiro atoms. The van der Waals surface area contributed by atoms with Crippen LogP contribution in [0.2, 0.25) is 0 Å². The average molecular weight is 367 g/mol. The molecule has 0 amide bonds. The van der Waals surface area contributed by atoms with Gasteiger partial charge in [0.15, 0.2) is 4.77 Å². The number of hydrogen-bond donors (Lipinski definition) is 1. The highest BCUT2D eigenvalue weighted by atomic mass is 32.1. The molecule has 0 saturated heterocycles. The number of H-pyrrole nitrogens is 1. The predicted molar refractivity (Wildman–Crippen MR) is 107 cm³/mol. The molecule has 0 bridgehead atoms. The van der Waals surface area contributed by atoms with E-state index < -0.39 is 0 Å². The van der Waals surface area contributed by atoms with Gasteiger partial charge in [-0.3, -0.25) is 9.36 Å². The lowest BCUT2D eigenvalue weighted by Crippen LogP contribution is -2.37. The zero-order chi connectivity index (χ0) is 17.7. The molecule has 0 atom stereocenters. The lowest BCUT2D eigenvalue weighted by atomic mass is 9.68. The Kier molecular flexibility index (Phi) is 3.93. The minimum atomic E-state index is 0.157. The fraction of sp³-hybridized carbons (Fsp3) is 0.545. The summed E-state index contributed by atoms with van der Waals surface area (Å²) in [5.41, 5.74) is 4.89. The third kappa shape index (κ3) is 2.45. The summed E-state index contributed by atoms with van der Waals surface area (Å²) >= 11 is 5.62. The van der Waals surface area contributed by atoms with Gasteiger partial charge in [-0.05, 0) is 55.8 Å².